The molecule has 0 saturated heterocycles. The Morgan fingerprint density at radius 1 is 1.43 bits per heavy atom. The van der Waals surface area contributed by atoms with Crippen molar-refractivity contribution in [3.63, 3.8) is 0 Å². The zero-order chi connectivity index (χ0) is 9.26. The lowest BCUT2D eigenvalue weighted by Crippen LogP contribution is -2.12. The van der Waals surface area contributed by atoms with Crippen molar-refractivity contribution in [3.8, 4) is 0 Å². The highest BCUT2D eigenvalue weighted by atomic mass is 35.5. The first kappa shape index (κ1) is 10.5. The Morgan fingerprint density at radius 2 is 2.14 bits per heavy atom. The molecule has 0 aliphatic heterocycles. The smallest absolute Gasteiger partial charge is 0.167 e. The molecule has 74 valence electrons. The second kappa shape index (κ2) is 4.11. The molecule has 0 unspecified atom stereocenters. The second-order valence-electron chi connectivity index (χ2n) is 2.83. The number of aromatic nitrogens is 1. The standard InChI is InChI=1S/C9H9N3O.ClH/c10-9(11)5-7-6-3-1-2-4-8(6)13-12-7;/h1-4H,5H2,(H3,10,11);1H. The minimum Gasteiger partial charge on any atom is -0.387 e. The summed E-state index contributed by atoms with van der Waals surface area (Å²) in [6.45, 7) is 0. The number of nitrogens with zero attached hydrogens (tertiary/aromatic N) is 1. The number of fused-ring (bicyclic) bond motifs is 1. The molecule has 0 amide bonds. The van der Waals surface area contributed by atoms with Crippen molar-refractivity contribution in [3.05, 3.63) is 30.0 Å². The highest BCUT2D eigenvalue weighted by molar-refractivity contribution is 5.86. The van der Waals surface area contributed by atoms with Gasteiger partial charge in [-0.2, -0.15) is 0 Å². The predicted octanol–water partition coefficient (Wildman–Crippen LogP) is 1.73. The molecule has 0 atom stereocenters. The van der Waals surface area contributed by atoms with Gasteiger partial charge in [0.25, 0.3) is 0 Å². The van der Waals surface area contributed by atoms with Gasteiger partial charge in [0.15, 0.2) is 5.58 Å². The van der Waals surface area contributed by atoms with Crippen LogP contribution in [0.15, 0.2) is 28.8 Å². The maximum absolute atomic E-state index is 7.14. The molecule has 0 spiro atoms. The van der Waals surface area contributed by atoms with Crippen LogP contribution >= 0.6 is 12.4 Å². The van der Waals surface area contributed by atoms with Crippen LogP contribution in [0.2, 0.25) is 0 Å². The van der Waals surface area contributed by atoms with Gasteiger partial charge < -0.3 is 10.3 Å². The third-order valence-electron chi connectivity index (χ3n) is 1.81. The third-order valence-corrected chi connectivity index (χ3v) is 1.81. The Hall–Kier alpha value is -1.55. The summed E-state index contributed by atoms with van der Waals surface area (Å²) in [5.41, 5.74) is 6.74. The SMILES string of the molecule is Cl.N=C(N)Cc1noc2ccccc12. The highest BCUT2D eigenvalue weighted by Crippen LogP contribution is 2.17. The van der Waals surface area contributed by atoms with Gasteiger partial charge in [-0.1, -0.05) is 17.3 Å². The summed E-state index contributed by atoms with van der Waals surface area (Å²) in [4.78, 5) is 0. The molecule has 1 aromatic carbocycles. The molecule has 2 rings (SSSR count). The number of rotatable bonds is 2. The zero-order valence-electron chi connectivity index (χ0n) is 7.36. The third kappa shape index (κ3) is 1.85. The lowest BCUT2D eigenvalue weighted by Gasteiger charge is -1.91. The number of benzene rings is 1. The van der Waals surface area contributed by atoms with E-state index < -0.39 is 0 Å². The molecule has 0 aliphatic rings. The van der Waals surface area contributed by atoms with E-state index in [9.17, 15) is 0 Å². The van der Waals surface area contributed by atoms with Crippen molar-refractivity contribution < 1.29 is 4.52 Å². The van der Waals surface area contributed by atoms with Gasteiger partial charge in [0.2, 0.25) is 0 Å². The van der Waals surface area contributed by atoms with E-state index in [1.54, 1.807) is 0 Å². The predicted molar refractivity (Wildman–Crippen MR) is 56.9 cm³/mol. The lowest BCUT2D eigenvalue weighted by atomic mass is 10.2. The van der Waals surface area contributed by atoms with E-state index >= 15 is 0 Å². The van der Waals surface area contributed by atoms with E-state index in [4.69, 9.17) is 15.7 Å². The minimum atomic E-state index is 0. The summed E-state index contributed by atoms with van der Waals surface area (Å²) in [6.07, 6.45) is 0.344. The number of hydrogen-bond acceptors (Lipinski definition) is 3. The molecule has 5 heteroatoms. The van der Waals surface area contributed by atoms with Gasteiger partial charge in [-0.05, 0) is 12.1 Å². The van der Waals surface area contributed by atoms with E-state index in [1.807, 2.05) is 24.3 Å². The monoisotopic (exact) mass is 211 g/mol. The number of halogens is 1. The van der Waals surface area contributed by atoms with Crippen LogP contribution < -0.4 is 5.73 Å². The van der Waals surface area contributed by atoms with Crippen molar-refractivity contribution in [2.24, 2.45) is 5.73 Å². The van der Waals surface area contributed by atoms with E-state index in [2.05, 4.69) is 5.16 Å². The fourth-order valence-corrected chi connectivity index (χ4v) is 1.25. The summed E-state index contributed by atoms with van der Waals surface area (Å²) < 4.78 is 5.05. The molecule has 0 aliphatic carbocycles. The van der Waals surface area contributed by atoms with Crippen LogP contribution in [0.5, 0.6) is 0 Å². The number of nitrogens with two attached hydrogens (primary N) is 1. The Balaban J connectivity index is 0.000000980. The molecule has 3 N–H and O–H groups in total. The van der Waals surface area contributed by atoms with Crippen molar-refractivity contribution in [2.75, 3.05) is 0 Å². The highest BCUT2D eigenvalue weighted by Gasteiger charge is 2.07. The van der Waals surface area contributed by atoms with Gasteiger partial charge in [-0.3, -0.25) is 5.41 Å². The fourth-order valence-electron chi connectivity index (χ4n) is 1.25. The Labute approximate surface area is 87.0 Å². The largest absolute Gasteiger partial charge is 0.387 e. The molecule has 1 heterocycles. The van der Waals surface area contributed by atoms with Crippen molar-refractivity contribution in [2.45, 2.75) is 6.42 Å². The van der Waals surface area contributed by atoms with Gasteiger partial charge in [-0.15, -0.1) is 12.4 Å². The number of amidine groups is 1. The van der Waals surface area contributed by atoms with Crippen LogP contribution in [-0.4, -0.2) is 11.0 Å². The normalized spacial score (nSPS) is 9.71. The summed E-state index contributed by atoms with van der Waals surface area (Å²) in [6, 6.07) is 7.53. The molecule has 1 aromatic heterocycles. The molecule has 2 aromatic rings. The van der Waals surface area contributed by atoms with E-state index in [1.165, 1.54) is 0 Å². The first-order chi connectivity index (χ1) is 6.27. The second-order valence-corrected chi connectivity index (χ2v) is 2.83. The molecule has 0 fully saturated rings. The number of hydrogen-bond donors (Lipinski definition) is 2. The molecular weight excluding hydrogens is 202 g/mol. The summed E-state index contributed by atoms with van der Waals surface area (Å²) in [5, 5.41) is 11.9. The molecule has 0 saturated carbocycles. The Bertz CT molecular complexity index is 452. The van der Waals surface area contributed by atoms with Crippen LogP contribution in [0.1, 0.15) is 5.69 Å². The number of para-hydroxylation sites is 1. The average Bonchev–Trinajstić information content (AvgIpc) is 2.48. The van der Waals surface area contributed by atoms with Crippen LogP contribution in [0.3, 0.4) is 0 Å². The van der Waals surface area contributed by atoms with Crippen LogP contribution in [0.4, 0.5) is 0 Å². The maximum atomic E-state index is 7.14. The van der Waals surface area contributed by atoms with E-state index in [0.717, 1.165) is 16.7 Å². The minimum absolute atomic E-state index is 0. The maximum Gasteiger partial charge on any atom is 0.167 e. The van der Waals surface area contributed by atoms with Crippen LogP contribution in [0.25, 0.3) is 11.0 Å². The average molecular weight is 212 g/mol. The van der Waals surface area contributed by atoms with Gasteiger partial charge in [0.1, 0.15) is 0 Å². The first-order valence-corrected chi connectivity index (χ1v) is 3.93. The van der Waals surface area contributed by atoms with Crippen LogP contribution in [0, 0.1) is 5.41 Å². The molecule has 14 heavy (non-hydrogen) atoms. The van der Waals surface area contributed by atoms with Crippen molar-refractivity contribution >= 4 is 29.2 Å². The van der Waals surface area contributed by atoms with Crippen molar-refractivity contribution in [1.82, 2.24) is 5.16 Å². The molecule has 0 radical (unpaired) electrons. The van der Waals surface area contributed by atoms with Gasteiger partial charge in [0.05, 0.1) is 18.0 Å². The van der Waals surface area contributed by atoms with Gasteiger partial charge in [-0.25, -0.2) is 0 Å². The topological polar surface area (TPSA) is 75.9 Å². The summed E-state index contributed by atoms with van der Waals surface area (Å²) in [5.74, 6) is 0.0963. The van der Waals surface area contributed by atoms with E-state index in [-0.39, 0.29) is 18.2 Å². The Kier molecular flexibility index (Phi) is 3.09. The van der Waals surface area contributed by atoms with Gasteiger partial charge >= 0.3 is 0 Å². The zero-order valence-corrected chi connectivity index (χ0v) is 8.17. The quantitative estimate of drug-likeness (QED) is 0.587. The lowest BCUT2D eigenvalue weighted by molar-refractivity contribution is 0.449. The molecule has 0 bridgehead atoms. The van der Waals surface area contributed by atoms with Crippen LogP contribution in [-0.2, 0) is 6.42 Å². The first-order valence-electron chi connectivity index (χ1n) is 3.93. The Morgan fingerprint density at radius 3 is 2.86 bits per heavy atom. The molecule has 4 nitrogen and oxygen atoms in total. The summed E-state index contributed by atoms with van der Waals surface area (Å²) >= 11 is 0. The van der Waals surface area contributed by atoms with Gasteiger partial charge in [0, 0.05) is 5.39 Å². The van der Waals surface area contributed by atoms with E-state index in [0.29, 0.717) is 6.42 Å². The van der Waals surface area contributed by atoms with Crippen molar-refractivity contribution in [1.29, 1.82) is 5.41 Å². The number of nitrogens with one attached hydrogen (secondary N) is 1. The molecular formula is C9H10ClN3O. The fraction of sp³-hybridized carbons (Fsp3) is 0.111. The summed E-state index contributed by atoms with van der Waals surface area (Å²) in [7, 11) is 0.